The van der Waals surface area contributed by atoms with Crippen molar-refractivity contribution < 1.29 is 23.1 Å². The number of hydrogen-bond acceptors (Lipinski definition) is 7. The molecule has 11 heteroatoms. The lowest BCUT2D eigenvalue weighted by Crippen LogP contribution is -2.22. The molecule has 1 aromatic carbocycles. The molecule has 3 heterocycles. The molecule has 150 valence electrons. The van der Waals surface area contributed by atoms with Crippen molar-refractivity contribution in [3.8, 4) is 0 Å². The molecular weight excluding hydrogens is 438 g/mol. The van der Waals surface area contributed by atoms with E-state index in [4.69, 9.17) is 21.4 Å². The minimum absolute atomic E-state index is 0.0780. The van der Waals surface area contributed by atoms with Crippen LogP contribution in [0.2, 0.25) is 5.15 Å². The summed E-state index contributed by atoms with van der Waals surface area (Å²) in [6, 6.07) is 9.25. The summed E-state index contributed by atoms with van der Waals surface area (Å²) in [6.07, 6.45) is -1.10. The van der Waals surface area contributed by atoms with Crippen molar-refractivity contribution >= 4 is 60.2 Å². The Bertz CT molecular complexity index is 1350. The van der Waals surface area contributed by atoms with Gasteiger partial charge in [-0.2, -0.15) is 0 Å². The smallest absolute Gasteiger partial charge is 0.332 e. The van der Waals surface area contributed by atoms with Crippen molar-refractivity contribution in [2.24, 2.45) is 0 Å². The molecule has 0 radical (unpaired) electrons. The number of carboxylic acids is 1. The summed E-state index contributed by atoms with van der Waals surface area (Å²) in [5.41, 5.74) is 3.28. The van der Waals surface area contributed by atoms with Gasteiger partial charge in [0.25, 0.3) is 10.0 Å². The van der Waals surface area contributed by atoms with Gasteiger partial charge in [-0.05, 0) is 43.3 Å². The number of fused-ring (bicyclic) bond motifs is 2. The highest BCUT2D eigenvalue weighted by Crippen LogP contribution is 2.29. The lowest BCUT2D eigenvalue weighted by Gasteiger charge is -2.13. The Morgan fingerprint density at radius 3 is 2.83 bits per heavy atom. The van der Waals surface area contributed by atoms with Crippen LogP contribution in [0.15, 0.2) is 46.8 Å². The van der Waals surface area contributed by atoms with E-state index in [9.17, 15) is 13.2 Å². The maximum atomic E-state index is 13.5. The van der Waals surface area contributed by atoms with Gasteiger partial charge in [-0.1, -0.05) is 11.6 Å². The third-order valence-electron chi connectivity index (χ3n) is 4.32. The summed E-state index contributed by atoms with van der Waals surface area (Å²) >= 11 is 7.29. The number of halogens is 1. The van der Waals surface area contributed by atoms with Crippen LogP contribution in [-0.2, 0) is 26.2 Å². The second-order valence-corrected chi connectivity index (χ2v) is 9.28. The van der Waals surface area contributed by atoms with Gasteiger partial charge in [0.05, 0.1) is 44.0 Å². The van der Waals surface area contributed by atoms with Gasteiger partial charge in [0, 0.05) is 0 Å². The number of aromatic nitrogens is 3. The molecular formula is C18H14ClN3O5S2. The monoisotopic (exact) mass is 451 g/mol. The van der Waals surface area contributed by atoms with Gasteiger partial charge < -0.3 is 9.84 Å². The van der Waals surface area contributed by atoms with Crippen LogP contribution in [0.25, 0.3) is 21.3 Å². The van der Waals surface area contributed by atoms with Gasteiger partial charge >= 0.3 is 5.97 Å². The molecule has 3 aromatic heterocycles. The predicted molar refractivity (Wildman–Crippen MR) is 109 cm³/mol. The van der Waals surface area contributed by atoms with Crippen LogP contribution in [-0.4, -0.2) is 39.5 Å². The first-order valence-electron chi connectivity index (χ1n) is 8.37. The van der Waals surface area contributed by atoms with Gasteiger partial charge in [-0.25, -0.2) is 27.2 Å². The average Bonchev–Trinajstić information content (AvgIpc) is 3.29. The fraction of sp³-hybridized carbons (Fsp3) is 0.167. The van der Waals surface area contributed by atoms with Crippen molar-refractivity contribution in [2.45, 2.75) is 24.5 Å². The lowest BCUT2D eigenvalue weighted by molar-refractivity contribution is -0.149. The van der Waals surface area contributed by atoms with E-state index in [2.05, 4.69) is 9.97 Å². The molecule has 1 unspecified atom stereocenters. The van der Waals surface area contributed by atoms with Crippen LogP contribution in [0.5, 0.6) is 0 Å². The van der Waals surface area contributed by atoms with Gasteiger partial charge in [0.15, 0.2) is 6.10 Å². The molecule has 0 aliphatic carbocycles. The predicted octanol–water partition coefficient (Wildman–Crippen LogP) is 3.53. The zero-order valence-electron chi connectivity index (χ0n) is 14.9. The number of carbonyl (C=O) groups is 1. The third-order valence-corrected chi connectivity index (χ3v) is 7.09. The highest BCUT2D eigenvalue weighted by Gasteiger charge is 2.25. The molecule has 0 saturated carbocycles. The molecule has 4 aromatic rings. The molecule has 1 N–H and O–H groups in total. The summed E-state index contributed by atoms with van der Waals surface area (Å²) in [6.45, 7) is 1.14. The summed E-state index contributed by atoms with van der Waals surface area (Å²) in [4.78, 5) is 19.5. The number of aliphatic carboxylic acids is 1. The second-order valence-electron chi connectivity index (χ2n) is 6.22. The normalized spacial score (nSPS) is 13.2. The number of pyridine rings is 1. The maximum Gasteiger partial charge on any atom is 0.332 e. The van der Waals surface area contributed by atoms with Crippen molar-refractivity contribution in [3.05, 3.63) is 52.8 Å². The number of nitrogens with zero attached hydrogens (tertiary/aromatic N) is 3. The Morgan fingerprint density at radius 1 is 1.28 bits per heavy atom. The Hall–Kier alpha value is -2.53. The molecule has 0 saturated heterocycles. The van der Waals surface area contributed by atoms with E-state index in [1.807, 2.05) is 0 Å². The van der Waals surface area contributed by atoms with E-state index >= 15 is 0 Å². The SMILES string of the molecule is CC(OCc1cc2nc(Cl)ccc2n1S(=O)(=O)c1ccc2ncsc2c1)C(=O)O. The first kappa shape index (κ1) is 19.8. The molecule has 0 aliphatic rings. The van der Waals surface area contributed by atoms with E-state index in [-0.39, 0.29) is 22.3 Å². The highest BCUT2D eigenvalue weighted by molar-refractivity contribution is 7.90. The van der Waals surface area contributed by atoms with Gasteiger partial charge in [0.1, 0.15) is 5.15 Å². The number of hydrogen-bond donors (Lipinski definition) is 1. The number of benzene rings is 1. The molecule has 0 amide bonds. The average molecular weight is 452 g/mol. The zero-order chi connectivity index (χ0) is 20.8. The van der Waals surface area contributed by atoms with Gasteiger partial charge in [0.2, 0.25) is 0 Å². The zero-order valence-corrected chi connectivity index (χ0v) is 17.3. The molecule has 8 nitrogen and oxygen atoms in total. The largest absolute Gasteiger partial charge is 0.479 e. The fourth-order valence-electron chi connectivity index (χ4n) is 2.86. The van der Waals surface area contributed by atoms with Crippen LogP contribution >= 0.6 is 22.9 Å². The van der Waals surface area contributed by atoms with Gasteiger partial charge in [-0.15, -0.1) is 11.3 Å². The molecule has 29 heavy (non-hydrogen) atoms. The Kier molecular flexibility index (Phi) is 5.03. The number of carboxylic acid groups (broad SMARTS) is 1. The topological polar surface area (TPSA) is 111 Å². The minimum Gasteiger partial charge on any atom is -0.479 e. The molecule has 1 atom stereocenters. The number of ether oxygens (including phenoxy) is 1. The van der Waals surface area contributed by atoms with E-state index in [0.29, 0.717) is 16.6 Å². The Morgan fingerprint density at radius 2 is 2.07 bits per heavy atom. The van der Waals surface area contributed by atoms with E-state index in [0.717, 1.165) is 8.67 Å². The van der Waals surface area contributed by atoms with Crippen LogP contribution in [0.1, 0.15) is 12.6 Å². The van der Waals surface area contributed by atoms with E-state index < -0.39 is 22.1 Å². The maximum absolute atomic E-state index is 13.5. The van der Waals surface area contributed by atoms with E-state index in [1.54, 1.807) is 23.7 Å². The fourth-order valence-corrected chi connectivity index (χ4v) is 5.35. The molecule has 0 spiro atoms. The molecule has 0 fully saturated rings. The molecule has 0 bridgehead atoms. The Labute approximate surface area is 174 Å². The Balaban J connectivity index is 1.87. The quantitative estimate of drug-likeness (QED) is 0.446. The summed E-state index contributed by atoms with van der Waals surface area (Å²) in [5.74, 6) is -1.15. The van der Waals surface area contributed by atoms with Crippen molar-refractivity contribution in [1.82, 2.24) is 13.9 Å². The van der Waals surface area contributed by atoms with E-state index in [1.165, 1.54) is 36.5 Å². The van der Waals surface area contributed by atoms with Crippen LogP contribution < -0.4 is 0 Å². The van der Waals surface area contributed by atoms with Crippen molar-refractivity contribution in [2.75, 3.05) is 0 Å². The van der Waals surface area contributed by atoms with Crippen LogP contribution in [0.4, 0.5) is 0 Å². The van der Waals surface area contributed by atoms with Crippen LogP contribution in [0, 0.1) is 0 Å². The third kappa shape index (κ3) is 3.60. The first-order chi connectivity index (χ1) is 13.8. The summed E-state index contributed by atoms with van der Waals surface area (Å²) < 4.78 is 34.1. The standard InChI is InChI=1S/C18H14ClN3O5S2/c1-10(18(23)24)27-8-11-6-14-15(4-5-17(19)21-14)22(11)29(25,26)12-2-3-13-16(7-12)28-9-20-13/h2-7,9-10H,8H2,1H3,(H,23,24). The van der Waals surface area contributed by atoms with Crippen molar-refractivity contribution in [3.63, 3.8) is 0 Å². The number of thiazole rings is 1. The van der Waals surface area contributed by atoms with Crippen molar-refractivity contribution in [1.29, 1.82) is 0 Å². The summed E-state index contributed by atoms with van der Waals surface area (Å²) in [5, 5.41) is 9.25. The highest BCUT2D eigenvalue weighted by atomic mass is 35.5. The second kappa shape index (κ2) is 7.38. The summed E-state index contributed by atoms with van der Waals surface area (Å²) in [7, 11) is -4.02. The van der Waals surface area contributed by atoms with Crippen LogP contribution in [0.3, 0.4) is 0 Å². The molecule has 4 rings (SSSR count). The number of rotatable bonds is 6. The first-order valence-corrected chi connectivity index (χ1v) is 11.1. The lowest BCUT2D eigenvalue weighted by atomic mass is 10.3. The minimum atomic E-state index is -4.02. The van der Waals surface area contributed by atoms with Gasteiger partial charge in [-0.3, -0.25) is 0 Å². The molecule has 0 aliphatic heterocycles.